The van der Waals surface area contributed by atoms with E-state index in [0.29, 0.717) is 6.54 Å². The summed E-state index contributed by atoms with van der Waals surface area (Å²) in [7, 11) is 1.85. The number of aryl methyl sites for hydroxylation is 2. The maximum Gasteiger partial charge on any atom is 0.249 e. The summed E-state index contributed by atoms with van der Waals surface area (Å²) in [5.41, 5.74) is 2.96. The third-order valence-electron chi connectivity index (χ3n) is 3.73. The van der Waals surface area contributed by atoms with Crippen molar-refractivity contribution in [2.45, 2.75) is 19.4 Å². The molecule has 21 heavy (non-hydrogen) atoms. The molecule has 110 valence electrons. The second-order valence-electron chi connectivity index (χ2n) is 5.28. The van der Waals surface area contributed by atoms with Gasteiger partial charge in [0.05, 0.1) is 11.9 Å². The van der Waals surface area contributed by atoms with E-state index >= 15 is 0 Å². The van der Waals surface area contributed by atoms with Crippen molar-refractivity contribution < 1.29 is 4.79 Å². The average molecular weight is 349 g/mol. The zero-order chi connectivity index (χ0) is 15.0. The molecular formula is C15H17BrN4O. The maximum absolute atomic E-state index is 12.5. The van der Waals surface area contributed by atoms with Crippen LogP contribution < -0.4 is 10.2 Å². The molecule has 1 aromatic carbocycles. The van der Waals surface area contributed by atoms with Crippen LogP contribution in [0.2, 0.25) is 0 Å². The molecule has 0 spiro atoms. The summed E-state index contributed by atoms with van der Waals surface area (Å²) >= 11 is 3.57. The van der Waals surface area contributed by atoms with Gasteiger partial charge in [-0.25, -0.2) is 0 Å². The SMILES string of the molecule is Cc1cccc(N[C@@H]2CCN(c3cnn(C)c3)C2=O)c1Br. The van der Waals surface area contributed by atoms with Crippen molar-refractivity contribution in [1.82, 2.24) is 9.78 Å². The number of carbonyl (C=O) groups excluding carboxylic acids is 1. The number of halogens is 1. The Morgan fingerprint density at radius 3 is 2.95 bits per heavy atom. The number of amides is 1. The van der Waals surface area contributed by atoms with E-state index in [2.05, 4.69) is 26.3 Å². The predicted octanol–water partition coefficient (Wildman–Crippen LogP) is 2.71. The number of rotatable bonds is 3. The minimum Gasteiger partial charge on any atom is -0.373 e. The molecule has 1 aromatic heterocycles. The summed E-state index contributed by atoms with van der Waals surface area (Å²) in [6.45, 7) is 2.75. The third kappa shape index (κ3) is 2.68. The molecule has 1 aliphatic heterocycles. The molecule has 1 saturated heterocycles. The minimum atomic E-state index is -0.191. The van der Waals surface area contributed by atoms with Crippen LogP contribution in [0, 0.1) is 6.92 Å². The van der Waals surface area contributed by atoms with Crippen LogP contribution in [-0.2, 0) is 11.8 Å². The fourth-order valence-corrected chi connectivity index (χ4v) is 2.94. The molecule has 6 heteroatoms. The standard InChI is InChI=1S/C15H17BrN4O/c1-10-4-3-5-12(14(10)16)18-13-6-7-20(15(13)21)11-8-17-19(2)9-11/h3-5,8-9,13,18H,6-7H2,1-2H3/t13-/m1/s1. The second-order valence-corrected chi connectivity index (χ2v) is 6.08. The van der Waals surface area contributed by atoms with Crippen molar-refractivity contribution in [2.24, 2.45) is 7.05 Å². The van der Waals surface area contributed by atoms with Crippen LogP contribution in [-0.4, -0.2) is 28.3 Å². The molecule has 1 amide bonds. The third-order valence-corrected chi connectivity index (χ3v) is 4.78. The van der Waals surface area contributed by atoms with Crippen LogP contribution in [0.25, 0.3) is 0 Å². The van der Waals surface area contributed by atoms with Crippen LogP contribution in [0.3, 0.4) is 0 Å². The lowest BCUT2D eigenvalue weighted by Crippen LogP contribution is -2.33. The Morgan fingerprint density at radius 2 is 2.24 bits per heavy atom. The Balaban J connectivity index is 1.76. The molecule has 0 radical (unpaired) electrons. The molecule has 1 N–H and O–H groups in total. The minimum absolute atomic E-state index is 0.0939. The van der Waals surface area contributed by atoms with Crippen molar-refractivity contribution in [3.05, 3.63) is 40.6 Å². The average Bonchev–Trinajstić information content (AvgIpc) is 3.02. The van der Waals surface area contributed by atoms with E-state index in [0.717, 1.165) is 27.8 Å². The van der Waals surface area contributed by atoms with E-state index in [-0.39, 0.29) is 11.9 Å². The van der Waals surface area contributed by atoms with Crippen LogP contribution in [0.1, 0.15) is 12.0 Å². The lowest BCUT2D eigenvalue weighted by Gasteiger charge is -2.17. The van der Waals surface area contributed by atoms with Gasteiger partial charge in [-0.1, -0.05) is 12.1 Å². The number of hydrogen-bond acceptors (Lipinski definition) is 3. The summed E-state index contributed by atoms with van der Waals surface area (Å²) in [4.78, 5) is 14.3. The molecule has 1 aliphatic rings. The molecule has 0 bridgehead atoms. The highest BCUT2D eigenvalue weighted by Crippen LogP contribution is 2.29. The van der Waals surface area contributed by atoms with Crippen molar-refractivity contribution in [1.29, 1.82) is 0 Å². The number of nitrogens with zero attached hydrogens (tertiary/aromatic N) is 3. The number of carbonyl (C=O) groups is 1. The lowest BCUT2D eigenvalue weighted by atomic mass is 10.2. The van der Waals surface area contributed by atoms with E-state index in [1.54, 1.807) is 15.8 Å². The molecule has 2 aromatic rings. The summed E-state index contributed by atoms with van der Waals surface area (Å²) < 4.78 is 2.72. The second kappa shape index (κ2) is 5.52. The Kier molecular flexibility index (Phi) is 3.71. The van der Waals surface area contributed by atoms with Gasteiger partial charge in [0.2, 0.25) is 5.91 Å². The van der Waals surface area contributed by atoms with E-state index in [1.165, 1.54) is 0 Å². The highest BCUT2D eigenvalue weighted by atomic mass is 79.9. The van der Waals surface area contributed by atoms with Gasteiger partial charge in [-0.2, -0.15) is 5.10 Å². The molecule has 5 nitrogen and oxygen atoms in total. The molecule has 0 aliphatic carbocycles. The summed E-state index contributed by atoms with van der Waals surface area (Å²) in [6.07, 6.45) is 4.37. The zero-order valence-corrected chi connectivity index (χ0v) is 13.6. The normalized spacial score (nSPS) is 18.3. The van der Waals surface area contributed by atoms with E-state index in [4.69, 9.17) is 0 Å². The van der Waals surface area contributed by atoms with Crippen molar-refractivity contribution in [3.63, 3.8) is 0 Å². The largest absolute Gasteiger partial charge is 0.373 e. The number of benzene rings is 1. The molecule has 0 unspecified atom stereocenters. The highest BCUT2D eigenvalue weighted by Gasteiger charge is 2.33. The van der Waals surface area contributed by atoms with E-state index in [1.807, 2.05) is 38.4 Å². The zero-order valence-electron chi connectivity index (χ0n) is 12.0. The number of nitrogens with one attached hydrogen (secondary N) is 1. The van der Waals surface area contributed by atoms with Gasteiger partial charge in [-0.15, -0.1) is 0 Å². The smallest absolute Gasteiger partial charge is 0.249 e. The molecule has 0 saturated carbocycles. The Hall–Kier alpha value is -1.82. The van der Waals surface area contributed by atoms with Gasteiger partial charge in [0.15, 0.2) is 0 Å². The van der Waals surface area contributed by atoms with Gasteiger partial charge in [0.25, 0.3) is 0 Å². The first-order valence-electron chi connectivity index (χ1n) is 6.88. The number of anilines is 2. The van der Waals surface area contributed by atoms with Gasteiger partial charge < -0.3 is 10.2 Å². The quantitative estimate of drug-likeness (QED) is 0.927. The summed E-state index contributed by atoms with van der Waals surface area (Å²) in [6, 6.07) is 5.81. The monoisotopic (exact) mass is 348 g/mol. The van der Waals surface area contributed by atoms with Gasteiger partial charge in [0, 0.05) is 29.9 Å². The topological polar surface area (TPSA) is 50.2 Å². The van der Waals surface area contributed by atoms with Crippen LogP contribution in [0.5, 0.6) is 0 Å². The van der Waals surface area contributed by atoms with Gasteiger partial charge >= 0.3 is 0 Å². The molecule has 1 atom stereocenters. The number of hydrogen-bond donors (Lipinski definition) is 1. The first-order valence-corrected chi connectivity index (χ1v) is 7.67. The Labute approximate surface area is 132 Å². The Bertz CT molecular complexity index is 682. The van der Waals surface area contributed by atoms with Crippen LogP contribution in [0.15, 0.2) is 35.1 Å². The highest BCUT2D eigenvalue weighted by molar-refractivity contribution is 9.10. The summed E-state index contributed by atoms with van der Waals surface area (Å²) in [5, 5.41) is 7.47. The molecule has 1 fully saturated rings. The van der Waals surface area contributed by atoms with Crippen LogP contribution >= 0.6 is 15.9 Å². The van der Waals surface area contributed by atoms with Crippen molar-refractivity contribution in [3.8, 4) is 0 Å². The van der Waals surface area contributed by atoms with Gasteiger partial charge in [0.1, 0.15) is 6.04 Å². The van der Waals surface area contributed by atoms with E-state index in [9.17, 15) is 4.79 Å². The van der Waals surface area contributed by atoms with Crippen molar-refractivity contribution >= 4 is 33.2 Å². The fraction of sp³-hybridized carbons (Fsp3) is 0.333. The van der Waals surface area contributed by atoms with Gasteiger partial charge in [-0.3, -0.25) is 9.48 Å². The summed E-state index contributed by atoms with van der Waals surface area (Å²) in [5.74, 6) is 0.0939. The maximum atomic E-state index is 12.5. The van der Waals surface area contributed by atoms with E-state index < -0.39 is 0 Å². The first-order chi connectivity index (χ1) is 10.1. The van der Waals surface area contributed by atoms with Crippen molar-refractivity contribution in [2.75, 3.05) is 16.8 Å². The fourth-order valence-electron chi connectivity index (χ4n) is 2.56. The number of aromatic nitrogens is 2. The van der Waals surface area contributed by atoms with Gasteiger partial charge in [-0.05, 0) is 40.9 Å². The molecule has 3 rings (SSSR count). The first kappa shape index (κ1) is 14.1. The molecular weight excluding hydrogens is 332 g/mol. The molecule has 2 heterocycles. The Morgan fingerprint density at radius 1 is 1.43 bits per heavy atom. The predicted molar refractivity (Wildman–Crippen MR) is 86.5 cm³/mol. The van der Waals surface area contributed by atoms with Crippen LogP contribution in [0.4, 0.5) is 11.4 Å². The lowest BCUT2D eigenvalue weighted by molar-refractivity contribution is -0.117.